The third-order valence-corrected chi connectivity index (χ3v) is 2.75. The Balaban J connectivity index is 0. The Morgan fingerprint density at radius 3 is 1.70 bits per heavy atom. The molecule has 3 N–H and O–H groups in total. The van der Waals surface area contributed by atoms with E-state index in [9.17, 15) is 9.59 Å². The van der Waals surface area contributed by atoms with Crippen LogP contribution in [0.15, 0.2) is 0 Å². The van der Waals surface area contributed by atoms with E-state index >= 15 is 0 Å². The molecule has 138 valence electrons. The van der Waals surface area contributed by atoms with Gasteiger partial charge in [-0.1, -0.05) is 33.6 Å². The summed E-state index contributed by atoms with van der Waals surface area (Å²) in [4.78, 5) is 21.3. The molecule has 0 heterocycles. The lowest BCUT2D eigenvalue weighted by molar-refractivity contribution is -0.147. The average molecular weight is 334 g/mol. The molecule has 0 bridgehead atoms. The van der Waals surface area contributed by atoms with Gasteiger partial charge in [0.15, 0.2) is 0 Å². The number of ether oxygens (including phenoxy) is 1. The zero-order valence-corrected chi connectivity index (χ0v) is 14.8. The van der Waals surface area contributed by atoms with E-state index in [0.717, 1.165) is 25.7 Å². The molecule has 0 aromatic rings. The van der Waals surface area contributed by atoms with E-state index in [1.165, 1.54) is 0 Å². The maximum Gasteiger partial charge on any atom is 0.305 e. The number of aliphatic hydroxyl groups is 2. The van der Waals surface area contributed by atoms with Crippen molar-refractivity contribution in [1.82, 2.24) is 0 Å². The topological polar surface area (TPSA) is 104 Å². The fraction of sp³-hybridized carbons (Fsp3) is 0.882. The molecule has 0 radical (unpaired) electrons. The molecule has 0 unspecified atom stereocenters. The van der Waals surface area contributed by atoms with Crippen LogP contribution in [0.3, 0.4) is 0 Å². The second-order valence-corrected chi connectivity index (χ2v) is 6.68. The van der Waals surface area contributed by atoms with Gasteiger partial charge in [0.1, 0.15) is 0 Å². The zero-order valence-electron chi connectivity index (χ0n) is 14.8. The van der Waals surface area contributed by atoms with Crippen LogP contribution < -0.4 is 0 Å². The van der Waals surface area contributed by atoms with Gasteiger partial charge in [0.2, 0.25) is 0 Å². The van der Waals surface area contributed by atoms with E-state index in [2.05, 4.69) is 0 Å². The number of rotatable bonds is 11. The van der Waals surface area contributed by atoms with Crippen LogP contribution in [0.5, 0.6) is 0 Å². The van der Waals surface area contributed by atoms with E-state index in [4.69, 9.17) is 20.1 Å². The largest absolute Gasteiger partial charge is 0.481 e. The van der Waals surface area contributed by atoms with Gasteiger partial charge in [-0.3, -0.25) is 9.59 Å². The van der Waals surface area contributed by atoms with E-state index in [0.29, 0.717) is 25.9 Å². The number of hydrogen-bond donors (Lipinski definition) is 3. The van der Waals surface area contributed by atoms with E-state index in [-0.39, 0.29) is 31.0 Å². The molecule has 6 heteroatoms. The van der Waals surface area contributed by atoms with Crippen LogP contribution in [-0.4, -0.2) is 47.1 Å². The van der Waals surface area contributed by atoms with Gasteiger partial charge in [-0.15, -0.1) is 0 Å². The summed E-state index contributed by atoms with van der Waals surface area (Å²) >= 11 is 0. The molecule has 23 heavy (non-hydrogen) atoms. The monoisotopic (exact) mass is 334 g/mol. The molecule has 0 aliphatic rings. The van der Waals surface area contributed by atoms with Crippen molar-refractivity contribution in [3.05, 3.63) is 0 Å². The standard InChI is InChI=1S/C11H20O4.C6H14O2/c1-11(2,3)8-15-10(14)7-5-4-6-9(12)13;7-5-3-1-2-4-6-8/h4-8H2,1-3H3,(H,12,13);7-8H,1-6H2. The Labute approximate surface area is 139 Å². The fourth-order valence-corrected chi connectivity index (χ4v) is 1.49. The Bertz CT molecular complexity index is 290. The SMILES string of the molecule is CC(C)(C)COC(=O)CCCCC(=O)O.OCCCCCCO. The van der Waals surface area contributed by atoms with Gasteiger partial charge in [-0.25, -0.2) is 0 Å². The third kappa shape index (κ3) is 26.1. The van der Waals surface area contributed by atoms with E-state index in [1.807, 2.05) is 20.8 Å². The number of unbranched alkanes of at least 4 members (excludes halogenated alkanes) is 4. The molecular formula is C17H34O6. The molecule has 0 aliphatic carbocycles. The van der Waals surface area contributed by atoms with Crippen LogP contribution in [0.2, 0.25) is 0 Å². The number of carbonyl (C=O) groups is 2. The Kier molecular flexibility index (Phi) is 16.5. The molecule has 6 nitrogen and oxygen atoms in total. The summed E-state index contributed by atoms with van der Waals surface area (Å²) in [5.41, 5.74) is -0.0171. The minimum atomic E-state index is -0.821. The number of aliphatic carboxylic acids is 1. The number of carboxylic acids is 1. The van der Waals surface area contributed by atoms with Gasteiger partial charge in [-0.05, 0) is 31.1 Å². The molecule has 0 atom stereocenters. The fourth-order valence-electron chi connectivity index (χ4n) is 1.49. The molecule has 0 aromatic heterocycles. The Morgan fingerprint density at radius 2 is 1.30 bits per heavy atom. The van der Waals surface area contributed by atoms with Gasteiger partial charge in [0.05, 0.1) is 6.61 Å². The lowest BCUT2D eigenvalue weighted by Gasteiger charge is -2.17. The van der Waals surface area contributed by atoms with Gasteiger partial charge in [-0.2, -0.15) is 0 Å². The average Bonchev–Trinajstić information content (AvgIpc) is 2.46. The lowest BCUT2D eigenvalue weighted by atomic mass is 9.99. The normalized spacial score (nSPS) is 10.7. The van der Waals surface area contributed by atoms with Crippen molar-refractivity contribution in [1.29, 1.82) is 0 Å². The van der Waals surface area contributed by atoms with Crippen LogP contribution in [0.4, 0.5) is 0 Å². The molecule has 0 spiro atoms. The molecular weight excluding hydrogens is 300 g/mol. The van der Waals surface area contributed by atoms with Crippen molar-refractivity contribution in [3.63, 3.8) is 0 Å². The van der Waals surface area contributed by atoms with Crippen LogP contribution >= 0.6 is 0 Å². The molecule has 0 saturated carbocycles. The smallest absolute Gasteiger partial charge is 0.305 e. The highest BCUT2D eigenvalue weighted by Gasteiger charge is 2.13. The molecule has 0 fully saturated rings. The number of aliphatic hydroxyl groups excluding tert-OH is 2. The summed E-state index contributed by atoms with van der Waals surface area (Å²) in [6.07, 6.45) is 5.36. The molecule has 0 aromatic carbocycles. The lowest BCUT2D eigenvalue weighted by Crippen LogP contribution is -2.18. The number of carbonyl (C=O) groups excluding carboxylic acids is 1. The quantitative estimate of drug-likeness (QED) is 0.396. The van der Waals surface area contributed by atoms with Gasteiger partial charge < -0.3 is 20.1 Å². The summed E-state index contributed by atoms with van der Waals surface area (Å²) in [6, 6.07) is 0. The number of carboxylic acid groups (broad SMARTS) is 1. The maximum atomic E-state index is 11.2. The van der Waals surface area contributed by atoms with Gasteiger partial charge in [0, 0.05) is 26.1 Å². The molecule has 0 rings (SSSR count). The van der Waals surface area contributed by atoms with Crippen molar-refractivity contribution >= 4 is 11.9 Å². The molecule has 0 saturated heterocycles. The van der Waals surface area contributed by atoms with Crippen molar-refractivity contribution in [2.45, 2.75) is 72.1 Å². The van der Waals surface area contributed by atoms with Crippen molar-refractivity contribution in [3.8, 4) is 0 Å². The van der Waals surface area contributed by atoms with E-state index in [1.54, 1.807) is 0 Å². The molecule has 0 aliphatic heterocycles. The van der Waals surface area contributed by atoms with Crippen molar-refractivity contribution in [2.24, 2.45) is 5.41 Å². The van der Waals surface area contributed by atoms with E-state index < -0.39 is 5.97 Å². The predicted molar refractivity (Wildman–Crippen MR) is 89.2 cm³/mol. The minimum absolute atomic E-state index is 0.0171. The maximum absolute atomic E-state index is 11.2. The first kappa shape index (κ1) is 24.1. The van der Waals surface area contributed by atoms with Crippen LogP contribution in [0.25, 0.3) is 0 Å². The first-order chi connectivity index (χ1) is 10.7. The van der Waals surface area contributed by atoms with Crippen LogP contribution in [0.1, 0.15) is 72.1 Å². The first-order valence-corrected chi connectivity index (χ1v) is 8.32. The second kappa shape index (κ2) is 15.7. The minimum Gasteiger partial charge on any atom is -0.481 e. The summed E-state index contributed by atoms with van der Waals surface area (Å²) < 4.78 is 5.03. The summed E-state index contributed by atoms with van der Waals surface area (Å²) in [7, 11) is 0. The highest BCUT2D eigenvalue weighted by atomic mass is 16.5. The third-order valence-electron chi connectivity index (χ3n) is 2.75. The Morgan fingerprint density at radius 1 is 0.826 bits per heavy atom. The van der Waals surface area contributed by atoms with Crippen LogP contribution in [-0.2, 0) is 14.3 Å². The molecule has 0 amide bonds. The number of esters is 1. The summed E-state index contributed by atoms with van der Waals surface area (Å²) in [6.45, 7) is 6.95. The zero-order chi connectivity index (χ0) is 18.1. The van der Waals surface area contributed by atoms with Crippen molar-refractivity contribution in [2.75, 3.05) is 19.8 Å². The van der Waals surface area contributed by atoms with Gasteiger partial charge in [0.25, 0.3) is 0 Å². The highest BCUT2D eigenvalue weighted by molar-refractivity contribution is 5.69. The van der Waals surface area contributed by atoms with Gasteiger partial charge >= 0.3 is 11.9 Å². The number of hydrogen-bond acceptors (Lipinski definition) is 5. The first-order valence-electron chi connectivity index (χ1n) is 8.32. The van der Waals surface area contributed by atoms with Crippen LogP contribution in [0, 0.1) is 5.41 Å². The predicted octanol–water partition coefficient (Wildman–Crippen LogP) is 2.75. The second-order valence-electron chi connectivity index (χ2n) is 6.68. The van der Waals surface area contributed by atoms with Crippen molar-refractivity contribution < 1.29 is 29.6 Å². The highest BCUT2D eigenvalue weighted by Crippen LogP contribution is 2.13. The summed E-state index contributed by atoms with van der Waals surface area (Å²) in [5, 5.41) is 25.0. The Hall–Kier alpha value is -1.14. The summed E-state index contributed by atoms with van der Waals surface area (Å²) in [5.74, 6) is -1.06.